The molecule has 1 N–H and O–H groups in total. The molecular weight excluding hydrogens is 312 g/mol. The number of carbonyl (C=O) groups is 2. The molecule has 6 heteroatoms. The van der Waals surface area contributed by atoms with Crippen molar-refractivity contribution in [1.82, 2.24) is 0 Å². The number of hydrogen-bond acceptors (Lipinski definition) is 5. The molecule has 0 aromatic heterocycles. The zero-order valence-electron chi connectivity index (χ0n) is 11.1. The van der Waals surface area contributed by atoms with Gasteiger partial charge in [0, 0.05) is 12.4 Å². The van der Waals surface area contributed by atoms with Gasteiger partial charge in [0.1, 0.15) is 0 Å². The van der Waals surface area contributed by atoms with Crippen molar-refractivity contribution >= 4 is 16.9 Å². The Kier molecular flexibility index (Phi) is 8.72. The van der Waals surface area contributed by atoms with E-state index in [-0.39, 0.29) is 0 Å². The Labute approximate surface area is 125 Å². The molecule has 0 aliphatic carbocycles. The first-order chi connectivity index (χ1) is 9.27. The predicted octanol–water partition coefficient (Wildman–Crippen LogP) is -1.26. The minimum Gasteiger partial charge on any atom is -0.550 e. The molecule has 1 unspecified atom stereocenters. The maximum absolute atomic E-state index is 9.58. The first kappa shape index (κ1) is 18.5. The van der Waals surface area contributed by atoms with Crippen LogP contribution >= 0.6 is 0 Å². The fourth-order valence-corrected chi connectivity index (χ4v) is 1.36. The Morgan fingerprint density at radius 2 is 1.75 bits per heavy atom. The van der Waals surface area contributed by atoms with Gasteiger partial charge in [-0.3, -0.25) is 0 Å². The van der Waals surface area contributed by atoms with Crippen molar-refractivity contribution in [3.8, 4) is 0 Å². The van der Waals surface area contributed by atoms with Crippen molar-refractivity contribution in [3.63, 3.8) is 0 Å². The SMILES string of the molecule is CC(C)c1ccc([CH]=[Cu+2])cc1.O=C([O-])CC(O)C(=O)[O-]. The molecule has 0 fully saturated rings. The van der Waals surface area contributed by atoms with E-state index < -0.39 is 24.5 Å². The van der Waals surface area contributed by atoms with Crippen LogP contribution in [0.25, 0.3) is 0 Å². The predicted molar refractivity (Wildman–Crippen MR) is 66.3 cm³/mol. The smallest absolute Gasteiger partial charge is 0.0985 e. The second-order valence-electron chi connectivity index (χ2n) is 4.32. The number of carbonyl (C=O) groups excluding carboxylic acids is 2. The van der Waals surface area contributed by atoms with E-state index >= 15 is 0 Å². The second-order valence-corrected chi connectivity index (χ2v) is 4.59. The van der Waals surface area contributed by atoms with Crippen LogP contribution in [0.2, 0.25) is 0 Å². The molecule has 0 aliphatic heterocycles. The molecule has 0 heterocycles. The van der Waals surface area contributed by atoms with Crippen molar-refractivity contribution < 1.29 is 40.5 Å². The largest absolute Gasteiger partial charge is 0.550 e. The molecule has 1 aromatic rings. The van der Waals surface area contributed by atoms with Gasteiger partial charge < -0.3 is 24.9 Å². The zero-order chi connectivity index (χ0) is 15.7. The van der Waals surface area contributed by atoms with Crippen LogP contribution in [-0.4, -0.2) is 28.1 Å². The van der Waals surface area contributed by atoms with E-state index in [1.807, 2.05) is 0 Å². The Hall–Kier alpha value is -1.49. The van der Waals surface area contributed by atoms with Crippen LogP contribution in [0.1, 0.15) is 37.3 Å². The van der Waals surface area contributed by atoms with Gasteiger partial charge in [0.25, 0.3) is 0 Å². The summed E-state index contributed by atoms with van der Waals surface area (Å²) in [4.78, 5) is 20.8. The number of aliphatic hydroxyl groups is 1. The van der Waals surface area contributed by atoms with Gasteiger partial charge in [-0.05, 0) is 0 Å². The second kappa shape index (κ2) is 9.42. The summed E-state index contributed by atoms with van der Waals surface area (Å²) in [5.41, 5.74) is 2.47. The third-order valence-electron chi connectivity index (χ3n) is 2.34. The van der Waals surface area contributed by atoms with Crippen molar-refractivity contribution in [1.29, 1.82) is 0 Å². The molecule has 113 valence electrons. The van der Waals surface area contributed by atoms with Gasteiger partial charge in [-0.1, -0.05) is 0 Å². The molecule has 1 atom stereocenters. The molecule has 1 aromatic carbocycles. The summed E-state index contributed by atoms with van der Waals surface area (Å²) in [6.07, 6.45) is -2.89. The number of aliphatic hydroxyl groups excluding tert-OH is 1. The van der Waals surface area contributed by atoms with E-state index in [2.05, 4.69) is 38.1 Å². The molecule has 5 nitrogen and oxygen atoms in total. The van der Waals surface area contributed by atoms with Gasteiger partial charge in [0.05, 0.1) is 12.1 Å². The van der Waals surface area contributed by atoms with Crippen molar-refractivity contribution in [2.45, 2.75) is 32.3 Å². The van der Waals surface area contributed by atoms with E-state index in [4.69, 9.17) is 20.7 Å². The van der Waals surface area contributed by atoms with E-state index in [0.717, 1.165) is 5.56 Å². The topological polar surface area (TPSA) is 100 Å². The summed E-state index contributed by atoms with van der Waals surface area (Å²) in [7, 11) is 0. The molecule has 0 saturated heterocycles. The summed E-state index contributed by atoms with van der Waals surface area (Å²) < 4.78 is 0. The maximum Gasteiger partial charge on any atom is 0.0985 e. The number of carboxylic acid groups (broad SMARTS) is 2. The zero-order valence-corrected chi connectivity index (χ0v) is 12.1. The Morgan fingerprint density at radius 1 is 1.25 bits per heavy atom. The molecule has 0 spiro atoms. The van der Waals surface area contributed by atoms with Gasteiger partial charge >= 0.3 is 75.7 Å². The molecule has 1 rings (SSSR count). The quantitative estimate of drug-likeness (QED) is 0.681. The summed E-state index contributed by atoms with van der Waals surface area (Å²) >= 11 is 4.94. The monoisotopic (exact) mass is 327 g/mol. The van der Waals surface area contributed by atoms with E-state index in [9.17, 15) is 19.8 Å². The average molecular weight is 328 g/mol. The molecule has 20 heavy (non-hydrogen) atoms. The normalized spacial score (nSPS) is 11.2. The van der Waals surface area contributed by atoms with Gasteiger partial charge in [-0.15, -0.1) is 0 Å². The third-order valence-corrected chi connectivity index (χ3v) is 2.65. The van der Waals surface area contributed by atoms with E-state index in [1.165, 1.54) is 5.56 Å². The van der Waals surface area contributed by atoms with Crippen LogP contribution in [0, 0.1) is 0 Å². The third kappa shape index (κ3) is 7.84. The van der Waals surface area contributed by atoms with Crippen LogP contribution in [0.15, 0.2) is 24.3 Å². The minimum atomic E-state index is -1.96. The van der Waals surface area contributed by atoms with Crippen molar-refractivity contribution in [3.05, 3.63) is 35.4 Å². The summed E-state index contributed by atoms with van der Waals surface area (Å²) in [6.45, 7) is 4.37. The number of rotatable bonds is 5. The number of carboxylic acids is 2. The number of aliphatic carboxylic acids is 2. The van der Waals surface area contributed by atoms with Gasteiger partial charge in [0.15, 0.2) is 0 Å². The van der Waals surface area contributed by atoms with E-state index in [1.54, 1.807) is 4.92 Å². The average Bonchev–Trinajstić information content (AvgIpc) is 2.38. The van der Waals surface area contributed by atoms with Crippen LogP contribution in [0.5, 0.6) is 0 Å². The van der Waals surface area contributed by atoms with Gasteiger partial charge in [0.2, 0.25) is 0 Å². The van der Waals surface area contributed by atoms with Crippen LogP contribution in [0.3, 0.4) is 0 Å². The number of benzene rings is 1. The Bertz CT molecular complexity index is 453. The molecule has 0 amide bonds. The van der Waals surface area contributed by atoms with Crippen LogP contribution in [-0.2, 0) is 25.2 Å². The van der Waals surface area contributed by atoms with E-state index in [0.29, 0.717) is 5.92 Å². The summed E-state index contributed by atoms with van der Waals surface area (Å²) in [5, 5.41) is 27.3. The molecular formula is C14H16CuO5. The van der Waals surface area contributed by atoms with Gasteiger partial charge in [-0.2, -0.15) is 0 Å². The molecule has 0 bridgehead atoms. The maximum atomic E-state index is 9.58. The molecule has 0 radical (unpaired) electrons. The molecule has 0 saturated carbocycles. The van der Waals surface area contributed by atoms with Crippen molar-refractivity contribution in [2.24, 2.45) is 0 Å². The van der Waals surface area contributed by atoms with Gasteiger partial charge in [-0.25, -0.2) is 0 Å². The first-order valence-corrected chi connectivity index (χ1v) is 6.40. The van der Waals surface area contributed by atoms with Crippen LogP contribution in [0.4, 0.5) is 0 Å². The minimum absolute atomic E-state index is 0.604. The standard InChI is InChI=1S/C10H12.C4H6O5.Cu/c1-8(2)10-6-4-9(3)5-7-10;5-2(4(8)9)1-3(6)7;/h3-8H,1-2H3;2,5H,1H2,(H,6,7)(H,8,9);/q;;+2/p-2. The molecule has 0 aliphatic rings. The van der Waals surface area contributed by atoms with Crippen molar-refractivity contribution in [2.75, 3.05) is 0 Å². The Morgan fingerprint density at radius 3 is 2.00 bits per heavy atom. The first-order valence-electron chi connectivity index (χ1n) is 5.85. The fourth-order valence-electron chi connectivity index (χ4n) is 1.18. The summed E-state index contributed by atoms with van der Waals surface area (Å²) in [5.74, 6) is -2.82. The summed E-state index contributed by atoms with van der Waals surface area (Å²) in [6, 6.07) is 8.35. The number of hydrogen-bond donors (Lipinski definition) is 1. The van der Waals surface area contributed by atoms with Crippen LogP contribution < -0.4 is 10.2 Å². The fraction of sp³-hybridized carbons (Fsp3) is 0.357. The Balaban J connectivity index is 0.000000370.